The van der Waals surface area contributed by atoms with E-state index in [4.69, 9.17) is 4.74 Å². The van der Waals surface area contributed by atoms with Crippen LogP contribution in [-0.2, 0) is 5.75 Å². The van der Waals surface area contributed by atoms with Crippen LogP contribution in [0.5, 0.6) is 5.75 Å². The molecule has 0 bridgehead atoms. The lowest BCUT2D eigenvalue weighted by atomic mass is 10.2. The summed E-state index contributed by atoms with van der Waals surface area (Å²) in [6.45, 7) is 4.49. The highest BCUT2D eigenvalue weighted by Crippen LogP contribution is 2.26. The first kappa shape index (κ1) is 16.5. The van der Waals surface area contributed by atoms with Gasteiger partial charge in [0.25, 0.3) is 0 Å². The molecular formula is C18H18FN3OS. The molecule has 0 fully saturated rings. The Morgan fingerprint density at radius 1 is 1.08 bits per heavy atom. The maximum atomic E-state index is 13.8. The fourth-order valence-electron chi connectivity index (χ4n) is 2.35. The van der Waals surface area contributed by atoms with E-state index in [0.29, 0.717) is 17.9 Å². The molecular weight excluding hydrogens is 325 g/mol. The lowest BCUT2D eigenvalue weighted by Gasteiger charge is -2.10. The Kier molecular flexibility index (Phi) is 5.15. The van der Waals surface area contributed by atoms with E-state index in [9.17, 15) is 4.39 Å². The third-order valence-corrected chi connectivity index (χ3v) is 4.49. The number of hydrogen-bond acceptors (Lipinski definition) is 4. The van der Waals surface area contributed by atoms with Crippen LogP contribution in [0.25, 0.3) is 5.69 Å². The van der Waals surface area contributed by atoms with Gasteiger partial charge in [0, 0.05) is 11.4 Å². The molecule has 0 saturated carbocycles. The Hall–Kier alpha value is -2.34. The van der Waals surface area contributed by atoms with Crippen molar-refractivity contribution >= 4 is 11.8 Å². The van der Waals surface area contributed by atoms with Crippen molar-refractivity contribution < 1.29 is 9.13 Å². The number of hydrogen-bond donors (Lipinski definition) is 0. The number of ether oxygens (including phenoxy) is 1. The van der Waals surface area contributed by atoms with E-state index >= 15 is 0 Å². The Bertz CT molecular complexity index is 817. The third kappa shape index (κ3) is 3.59. The Morgan fingerprint density at radius 2 is 1.83 bits per heavy atom. The average Bonchev–Trinajstić information content (AvgIpc) is 2.96. The number of nitrogens with zero attached hydrogens (tertiary/aromatic N) is 3. The van der Waals surface area contributed by atoms with Crippen molar-refractivity contribution in [3.8, 4) is 11.4 Å². The van der Waals surface area contributed by atoms with Gasteiger partial charge in [-0.15, -0.1) is 10.2 Å². The van der Waals surface area contributed by atoms with Crippen LogP contribution in [0.3, 0.4) is 0 Å². The fraction of sp³-hybridized carbons (Fsp3) is 0.222. The van der Waals surface area contributed by atoms with Crippen molar-refractivity contribution in [3.05, 3.63) is 65.7 Å². The van der Waals surface area contributed by atoms with E-state index in [0.717, 1.165) is 22.4 Å². The Morgan fingerprint density at radius 3 is 2.54 bits per heavy atom. The first-order valence-electron chi connectivity index (χ1n) is 7.70. The molecule has 6 heteroatoms. The minimum Gasteiger partial charge on any atom is -0.494 e. The minimum absolute atomic E-state index is 0.200. The minimum atomic E-state index is -0.200. The highest BCUT2D eigenvalue weighted by molar-refractivity contribution is 7.98. The number of aryl methyl sites for hydroxylation is 1. The molecule has 4 nitrogen and oxygen atoms in total. The van der Waals surface area contributed by atoms with Gasteiger partial charge < -0.3 is 4.74 Å². The summed E-state index contributed by atoms with van der Waals surface area (Å²) in [6, 6.07) is 14.6. The van der Waals surface area contributed by atoms with Crippen LogP contribution in [0.15, 0.2) is 53.7 Å². The predicted molar refractivity (Wildman–Crippen MR) is 93.2 cm³/mol. The van der Waals surface area contributed by atoms with E-state index in [1.54, 1.807) is 12.1 Å². The molecule has 3 rings (SSSR count). The zero-order valence-electron chi connectivity index (χ0n) is 13.6. The van der Waals surface area contributed by atoms with Gasteiger partial charge in [0.2, 0.25) is 0 Å². The van der Waals surface area contributed by atoms with Gasteiger partial charge in [-0.25, -0.2) is 4.39 Å². The van der Waals surface area contributed by atoms with E-state index in [2.05, 4.69) is 10.2 Å². The van der Waals surface area contributed by atoms with E-state index in [1.807, 2.05) is 48.7 Å². The lowest BCUT2D eigenvalue weighted by Crippen LogP contribution is -2.00. The van der Waals surface area contributed by atoms with Gasteiger partial charge in [0.1, 0.15) is 17.4 Å². The highest BCUT2D eigenvalue weighted by Gasteiger charge is 2.12. The van der Waals surface area contributed by atoms with Crippen LogP contribution in [0.2, 0.25) is 0 Å². The molecule has 0 unspecified atom stereocenters. The number of thioether (sulfide) groups is 1. The van der Waals surface area contributed by atoms with E-state index in [-0.39, 0.29) is 5.82 Å². The second-order valence-electron chi connectivity index (χ2n) is 5.17. The molecule has 124 valence electrons. The molecule has 0 saturated heterocycles. The molecule has 0 atom stereocenters. The maximum absolute atomic E-state index is 13.8. The number of halogens is 1. The number of benzene rings is 2. The molecule has 0 aliphatic carbocycles. The van der Waals surface area contributed by atoms with Gasteiger partial charge >= 0.3 is 0 Å². The lowest BCUT2D eigenvalue weighted by molar-refractivity contribution is 0.340. The zero-order valence-corrected chi connectivity index (χ0v) is 14.4. The van der Waals surface area contributed by atoms with Crippen LogP contribution in [-0.4, -0.2) is 21.4 Å². The molecule has 1 aromatic heterocycles. The topological polar surface area (TPSA) is 39.9 Å². The average molecular weight is 343 g/mol. The summed E-state index contributed by atoms with van der Waals surface area (Å²) < 4.78 is 21.2. The van der Waals surface area contributed by atoms with Gasteiger partial charge in [0.15, 0.2) is 5.16 Å². The summed E-state index contributed by atoms with van der Waals surface area (Å²) in [6.07, 6.45) is 0. The third-order valence-electron chi connectivity index (χ3n) is 3.52. The summed E-state index contributed by atoms with van der Waals surface area (Å²) in [7, 11) is 0. The van der Waals surface area contributed by atoms with Gasteiger partial charge in [-0.3, -0.25) is 4.57 Å². The van der Waals surface area contributed by atoms with Crippen LogP contribution in [0.4, 0.5) is 4.39 Å². The van der Waals surface area contributed by atoms with Crippen molar-refractivity contribution in [2.75, 3.05) is 6.61 Å². The monoisotopic (exact) mass is 343 g/mol. The van der Waals surface area contributed by atoms with Gasteiger partial charge in [-0.1, -0.05) is 30.0 Å². The van der Waals surface area contributed by atoms with E-state index in [1.165, 1.54) is 17.8 Å². The van der Waals surface area contributed by atoms with Crippen molar-refractivity contribution in [2.45, 2.75) is 24.8 Å². The summed E-state index contributed by atoms with van der Waals surface area (Å²) in [4.78, 5) is 0. The molecule has 24 heavy (non-hydrogen) atoms. The summed E-state index contributed by atoms with van der Waals surface area (Å²) in [5.74, 6) is 1.92. The molecule has 2 aromatic carbocycles. The number of rotatable bonds is 6. The molecule has 0 aliphatic heterocycles. The zero-order chi connectivity index (χ0) is 16.9. The van der Waals surface area contributed by atoms with Gasteiger partial charge in [-0.2, -0.15) is 0 Å². The van der Waals surface area contributed by atoms with Crippen molar-refractivity contribution in [1.29, 1.82) is 0 Å². The second kappa shape index (κ2) is 7.49. The highest BCUT2D eigenvalue weighted by atomic mass is 32.2. The molecule has 0 radical (unpaired) electrons. The quantitative estimate of drug-likeness (QED) is 0.622. The number of aromatic nitrogens is 3. The van der Waals surface area contributed by atoms with E-state index < -0.39 is 0 Å². The van der Waals surface area contributed by atoms with Crippen LogP contribution in [0, 0.1) is 12.7 Å². The van der Waals surface area contributed by atoms with Crippen molar-refractivity contribution in [3.63, 3.8) is 0 Å². The standard InChI is InChI=1S/C18H18FN3OS/c1-3-23-16-10-8-15(9-11-16)22-13(2)20-21-18(22)24-12-14-6-4-5-7-17(14)19/h4-11H,3,12H2,1-2H3. The molecule has 0 N–H and O–H groups in total. The van der Waals surface area contributed by atoms with Crippen molar-refractivity contribution in [2.24, 2.45) is 0 Å². The summed E-state index contributed by atoms with van der Waals surface area (Å²) >= 11 is 1.46. The van der Waals surface area contributed by atoms with Gasteiger partial charge in [0.05, 0.1) is 6.61 Å². The smallest absolute Gasteiger partial charge is 0.196 e. The molecule has 0 aliphatic rings. The first-order valence-corrected chi connectivity index (χ1v) is 8.69. The summed E-state index contributed by atoms with van der Waals surface area (Å²) in [5, 5.41) is 9.11. The Labute approximate surface area is 144 Å². The summed E-state index contributed by atoms with van der Waals surface area (Å²) in [5.41, 5.74) is 1.61. The largest absolute Gasteiger partial charge is 0.494 e. The van der Waals surface area contributed by atoms with Crippen molar-refractivity contribution in [1.82, 2.24) is 14.8 Å². The molecule has 1 heterocycles. The normalized spacial score (nSPS) is 10.8. The van der Waals surface area contributed by atoms with Crippen LogP contribution >= 0.6 is 11.8 Å². The van der Waals surface area contributed by atoms with Crippen LogP contribution in [0.1, 0.15) is 18.3 Å². The maximum Gasteiger partial charge on any atom is 0.196 e. The van der Waals surface area contributed by atoms with Crippen LogP contribution < -0.4 is 4.74 Å². The predicted octanol–water partition coefficient (Wildman–Crippen LogP) is 4.41. The first-order chi connectivity index (χ1) is 11.7. The Balaban J connectivity index is 1.82. The molecule has 0 amide bonds. The fourth-order valence-corrected chi connectivity index (χ4v) is 3.33. The van der Waals surface area contributed by atoms with Gasteiger partial charge in [-0.05, 0) is 49.7 Å². The SMILES string of the molecule is CCOc1ccc(-n2c(C)nnc2SCc2ccccc2F)cc1. The molecule has 0 spiro atoms. The molecule has 3 aromatic rings. The second-order valence-corrected chi connectivity index (χ2v) is 6.11.